The lowest BCUT2D eigenvalue weighted by atomic mass is 10.0. The van der Waals surface area contributed by atoms with E-state index in [-0.39, 0.29) is 6.04 Å². The summed E-state index contributed by atoms with van der Waals surface area (Å²) in [7, 11) is 0. The summed E-state index contributed by atoms with van der Waals surface area (Å²) in [6.45, 7) is 1.93. The highest BCUT2D eigenvalue weighted by Gasteiger charge is 2.08. The third-order valence-corrected chi connectivity index (χ3v) is 2.33. The minimum Gasteiger partial charge on any atom is -0.507 e. The Labute approximate surface area is 82.6 Å². The second kappa shape index (κ2) is 3.35. The molecule has 4 N–H and O–H groups in total. The fraction of sp³-hybridized carbons (Fsp3) is 0.273. The number of fused-ring (bicyclic) bond motifs is 1. The lowest BCUT2D eigenvalue weighted by Crippen LogP contribution is -2.17. The van der Waals surface area contributed by atoms with Crippen LogP contribution < -0.4 is 5.73 Å². The van der Waals surface area contributed by atoms with Crippen LogP contribution in [0.5, 0.6) is 5.75 Å². The van der Waals surface area contributed by atoms with Crippen molar-refractivity contribution in [3.8, 4) is 5.75 Å². The third kappa shape index (κ3) is 1.46. The number of phenolic OH excluding ortho intramolecular Hbond substituents is 1. The number of aromatic nitrogens is 1. The molecule has 0 amide bonds. The van der Waals surface area contributed by atoms with Crippen LogP contribution in [0.2, 0.25) is 0 Å². The molecule has 2 aromatic rings. The van der Waals surface area contributed by atoms with E-state index in [9.17, 15) is 5.11 Å². The molecular weight excluding hydrogens is 176 g/mol. The first-order chi connectivity index (χ1) is 6.68. The maximum atomic E-state index is 9.91. The summed E-state index contributed by atoms with van der Waals surface area (Å²) in [6.07, 6.45) is 2.52. The van der Waals surface area contributed by atoms with Gasteiger partial charge in [0.2, 0.25) is 0 Å². The Morgan fingerprint density at radius 2 is 2.21 bits per heavy atom. The van der Waals surface area contributed by atoms with Crippen LogP contribution >= 0.6 is 0 Å². The number of phenols is 1. The van der Waals surface area contributed by atoms with Gasteiger partial charge in [-0.25, -0.2) is 0 Å². The van der Waals surface area contributed by atoms with E-state index >= 15 is 0 Å². The molecule has 0 aliphatic carbocycles. The van der Waals surface area contributed by atoms with Crippen molar-refractivity contribution >= 4 is 10.9 Å². The molecular formula is C11H14N2O. The number of aromatic hydroxyl groups is 1. The molecule has 3 heteroatoms. The molecule has 0 unspecified atom stereocenters. The number of nitrogens with one attached hydrogen (secondary N) is 1. The second-order valence-electron chi connectivity index (χ2n) is 3.69. The second-order valence-corrected chi connectivity index (χ2v) is 3.69. The molecule has 0 radical (unpaired) electrons. The summed E-state index contributed by atoms with van der Waals surface area (Å²) in [6, 6.07) is 5.82. The Morgan fingerprint density at radius 3 is 2.93 bits per heavy atom. The Hall–Kier alpha value is -1.48. The van der Waals surface area contributed by atoms with Crippen LogP contribution in [-0.2, 0) is 6.42 Å². The molecule has 0 fully saturated rings. The van der Waals surface area contributed by atoms with Gasteiger partial charge in [0, 0.05) is 23.1 Å². The first-order valence-corrected chi connectivity index (χ1v) is 4.72. The van der Waals surface area contributed by atoms with Gasteiger partial charge in [-0.3, -0.25) is 0 Å². The minimum atomic E-state index is 0.0669. The topological polar surface area (TPSA) is 62.0 Å². The maximum Gasteiger partial charge on any atom is 0.128 e. The van der Waals surface area contributed by atoms with E-state index in [1.54, 1.807) is 0 Å². The first kappa shape index (κ1) is 9.09. The van der Waals surface area contributed by atoms with E-state index in [1.807, 2.05) is 31.3 Å². The van der Waals surface area contributed by atoms with Crippen molar-refractivity contribution in [2.45, 2.75) is 19.4 Å². The molecule has 0 bridgehead atoms. The smallest absolute Gasteiger partial charge is 0.128 e. The fourth-order valence-electron chi connectivity index (χ4n) is 1.67. The number of rotatable bonds is 2. The van der Waals surface area contributed by atoms with E-state index in [1.165, 1.54) is 0 Å². The van der Waals surface area contributed by atoms with Gasteiger partial charge in [0.1, 0.15) is 5.75 Å². The zero-order valence-corrected chi connectivity index (χ0v) is 8.12. The van der Waals surface area contributed by atoms with Crippen molar-refractivity contribution < 1.29 is 5.11 Å². The highest BCUT2D eigenvalue weighted by atomic mass is 16.3. The van der Waals surface area contributed by atoms with Gasteiger partial charge in [-0.15, -0.1) is 0 Å². The molecule has 14 heavy (non-hydrogen) atoms. The van der Waals surface area contributed by atoms with Crippen LogP contribution in [0.4, 0.5) is 0 Å². The quantitative estimate of drug-likeness (QED) is 0.675. The zero-order chi connectivity index (χ0) is 10.1. The maximum absolute atomic E-state index is 9.91. The van der Waals surface area contributed by atoms with E-state index in [4.69, 9.17) is 5.73 Å². The normalized spacial score (nSPS) is 13.3. The standard InChI is InChI=1S/C11H14N2O/c1-7(12)6-8-2-3-10-9(11(8)14)4-5-13-10/h2-5,7,13-14H,6,12H2,1H3/t7-/m1/s1. The average Bonchev–Trinajstić information content (AvgIpc) is 2.57. The van der Waals surface area contributed by atoms with Gasteiger partial charge in [-0.1, -0.05) is 6.07 Å². The predicted octanol–water partition coefficient (Wildman–Crippen LogP) is 1.76. The molecule has 2 rings (SSSR count). The first-order valence-electron chi connectivity index (χ1n) is 4.72. The van der Waals surface area contributed by atoms with Crippen molar-refractivity contribution in [3.63, 3.8) is 0 Å². The summed E-state index contributed by atoms with van der Waals surface area (Å²) in [5.41, 5.74) is 7.56. The molecule has 1 aromatic carbocycles. The number of hydrogen-bond donors (Lipinski definition) is 3. The molecule has 0 aliphatic heterocycles. The summed E-state index contributed by atoms with van der Waals surface area (Å²) in [5.74, 6) is 0.348. The van der Waals surface area contributed by atoms with Gasteiger partial charge in [0.25, 0.3) is 0 Å². The lowest BCUT2D eigenvalue weighted by Gasteiger charge is -2.07. The number of H-pyrrole nitrogens is 1. The van der Waals surface area contributed by atoms with Crippen molar-refractivity contribution in [2.75, 3.05) is 0 Å². The molecule has 3 nitrogen and oxygen atoms in total. The summed E-state index contributed by atoms with van der Waals surface area (Å²) >= 11 is 0. The van der Waals surface area contributed by atoms with Crippen molar-refractivity contribution in [1.29, 1.82) is 0 Å². The summed E-state index contributed by atoms with van der Waals surface area (Å²) < 4.78 is 0. The molecule has 0 saturated heterocycles. The molecule has 74 valence electrons. The number of aromatic amines is 1. The summed E-state index contributed by atoms with van der Waals surface area (Å²) in [4.78, 5) is 3.05. The van der Waals surface area contributed by atoms with Crippen LogP contribution in [0.25, 0.3) is 10.9 Å². The van der Waals surface area contributed by atoms with Crippen LogP contribution in [0.15, 0.2) is 24.4 Å². The van der Waals surface area contributed by atoms with Crippen LogP contribution in [0, 0.1) is 0 Å². The van der Waals surface area contributed by atoms with E-state index in [2.05, 4.69) is 4.98 Å². The van der Waals surface area contributed by atoms with Crippen LogP contribution in [-0.4, -0.2) is 16.1 Å². The van der Waals surface area contributed by atoms with Crippen molar-refractivity contribution in [3.05, 3.63) is 30.0 Å². The average molecular weight is 190 g/mol. The van der Waals surface area contributed by atoms with Gasteiger partial charge in [0.05, 0.1) is 0 Å². The monoisotopic (exact) mass is 190 g/mol. The molecule has 1 atom stereocenters. The van der Waals surface area contributed by atoms with Crippen LogP contribution in [0.1, 0.15) is 12.5 Å². The van der Waals surface area contributed by atoms with Crippen molar-refractivity contribution in [2.24, 2.45) is 5.73 Å². The highest BCUT2D eigenvalue weighted by molar-refractivity contribution is 5.86. The fourth-order valence-corrected chi connectivity index (χ4v) is 1.67. The minimum absolute atomic E-state index is 0.0669. The van der Waals surface area contributed by atoms with E-state index in [0.717, 1.165) is 16.5 Å². The van der Waals surface area contributed by atoms with Gasteiger partial charge in [-0.2, -0.15) is 0 Å². The Balaban J connectivity index is 2.51. The number of benzene rings is 1. The molecule has 0 spiro atoms. The Morgan fingerprint density at radius 1 is 1.43 bits per heavy atom. The number of hydrogen-bond acceptors (Lipinski definition) is 2. The van der Waals surface area contributed by atoms with Gasteiger partial charge >= 0.3 is 0 Å². The van der Waals surface area contributed by atoms with Gasteiger partial charge in [-0.05, 0) is 31.0 Å². The van der Waals surface area contributed by atoms with Gasteiger partial charge in [0.15, 0.2) is 0 Å². The molecule has 1 heterocycles. The largest absolute Gasteiger partial charge is 0.507 e. The van der Waals surface area contributed by atoms with Gasteiger partial charge < -0.3 is 15.8 Å². The van der Waals surface area contributed by atoms with Crippen LogP contribution in [0.3, 0.4) is 0 Å². The Kier molecular flexibility index (Phi) is 2.17. The molecule has 0 saturated carbocycles. The Bertz CT molecular complexity index is 445. The van der Waals surface area contributed by atoms with E-state index in [0.29, 0.717) is 12.2 Å². The molecule has 0 aliphatic rings. The highest BCUT2D eigenvalue weighted by Crippen LogP contribution is 2.28. The zero-order valence-electron chi connectivity index (χ0n) is 8.12. The lowest BCUT2D eigenvalue weighted by molar-refractivity contribution is 0.472. The third-order valence-electron chi connectivity index (χ3n) is 2.33. The van der Waals surface area contributed by atoms with Crippen molar-refractivity contribution in [1.82, 2.24) is 4.98 Å². The predicted molar refractivity (Wildman–Crippen MR) is 57.3 cm³/mol. The number of nitrogens with two attached hydrogens (primary N) is 1. The summed E-state index contributed by atoms with van der Waals surface area (Å²) in [5, 5.41) is 10.8. The van der Waals surface area contributed by atoms with E-state index < -0.39 is 0 Å². The SMILES string of the molecule is C[C@@H](N)Cc1ccc2[nH]ccc2c1O. The molecule has 1 aromatic heterocycles.